The predicted octanol–water partition coefficient (Wildman–Crippen LogP) is 12.1. The van der Waals surface area contributed by atoms with Crippen molar-refractivity contribution in [2.24, 2.45) is 0 Å². The minimum atomic E-state index is 0.622. The summed E-state index contributed by atoms with van der Waals surface area (Å²) in [4.78, 5) is 19.7. The van der Waals surface area contributed by atoms with Gasteiger partial charge in [-0.1, -0.05) is 115 Å². The molecule has 0 N–H and O–H groups in total. The molecule has 0 bridgehead atoms. The van der Waals surface area contributed by atoms with E-state index in [4.69, 9.17) is 19.9 Å². The Kier molecular flexibility index (Phi) is 7.38. The van der Waals surface area contributed by atoms with E-state index in [-0.39, 0.29) is 0 Å². The second-order valence-electron chi connectivity index (χ2n) is 13.9. The van der Waals surface area contributed by atoms with Gasteiger partial charge in [0.05, 0.1) is 16.6 Å². The van der Waals surface area contributed by atoms with Crippen LogP contribution in [-0.2, 0) is 0 Å². The van der Waals surface area contributed by atoms with Crippen molar-refractivity contribution in [1.82, 2.24) is 29.1 Å². The molecule has 4 heterocycles. The van der Waals surface area contributed by atoms with Crippen molar-refractivity contribution >= 4 is 43.7 Å². The lowest BCUT2D eigenvalue weighted by Crippen LogP contribution is -2.00. The smallest absolute Gasteiger partial charge is 0.164 e. The Bertz CT molecular complexity index is 3160. The molecule has 6 heteroatoms. The molecule has 56 heavy (non-hydrogen) atoms. The highest BCUT2D eigenvalue weighted by molar-refractivity contribution is 6.17. The largest absolute Gasteiger partial charge is 0.309 e. The zero-order valence-corrected chi connectivity index (χ0v) is 30.2. The molecule has 262 valence electrons. The fourth-order valence-electron chi connectivity index (χ4n) is 8.09. The first-order valence-corrected chi connectivity index (χ1v) is 18.7. The Balaban J connectivity index is 1.04. The number of pyridine rings is 1. The molecule has 0 radical (unpaired) electrons. The van der Waals surface area contributed by atoms with Gasteiger partial charge in [0, 0.05) is 55.8 Å². The molecule has 11 rings (SSSR count). The highest BCUT2D eigenvalue weighted by Gasteiger charge is 2.19. The van der Waals surface area contributed by atoms with Crippen molar-refractivity contribution in [2.45, 2.75) is 0 Å². The van der Waals surface area contributed by atoms with Crippen LogP contribution in [0.4, 0.5) is 0 Å². The van der Waals surface area contributed by atoms with Crippen LogP contribution in [0.25, 0.3) is 100 Å². The highest BCUT2D eigenvalue weighted by Crippen LogP contribution is 2.41. The van der Waals surface area contributed by atoms with Gasteiger partial charge in [0.2, 0.25) is 0 Å². The van der Waals surface area contributed by atoms with Crippen molar-refractivity contribution in [3.8, 4) is 56.7 Å². The van der Waals surface area contributed by atoms with E-state index in [0.717, 1.165) is 55.6 Å². The fourth-order valence-corrected chi connectivity index (χ4v) is 8.09. The average molecular weight is 717 g/mol. The van der Waals surface area contributed by atoms with E-state index in [9.17, 15) is 0 Å². The Labute approximate surface area is 322 Å². The summed E-state index contributed by atoms with van der Waals surface area (Å²) in [6, 6.07) is 65.5. The molecular formula is C50H32N6. The number of fused-ring (bicyclic) bond motifs is 6. The maximum atomic E-state index is 4.95. The van der Waals surface area contributed by atoms with Gasteiger partial charge in [-0.3, -0.25) is 4.57 Å². The normalized spacial score (nSPS) is 11.6. The molecule has 0 aliphatic rings. The van der Waals surface area contributed by atoms with Crippen LogP contribution >= 0.6 is 0 Å². The van der Waals surface area contributed by atoms with Crippen LogP contribution in [-0.4, -0.2) is 29.1 Å². The van der Waals surface area contributed by atoms with Crippen molar-refractivity contribution in [1.29, 1.82) is 0 Å². The van der Waals surface area contributed by atoms with E-state index in [1.54, 1.807) is 0 Å². The first-order chi connectivity index (χ1) is 27.8. The molecule has 0 atom stereocenters. The molecule has 6 nitrogen and oxygen atoms in total. The lowest BCUT2D eigenvalue weighted by molar-refractivity contribution is 1.07. The highest BCUT2D eigenvalue weighted by atomic mass is 15.1. The van der Waals surface area contributed by atoms with Gasteiger partial charge in [-0.2, -0.15) is 0 Å². The predicted molar refractivity (Wildman–Crippen MR) is 228 cm³/mol. The number of hydrogen-bond acceptors (Lipinski definition) is 4. The van der Waals surface area contributed by atoms with E-state index in [1.165, 1.54) is 27.4 Å². The van der Waals surface area contributed by atoms with Gasteiger partial charge in [0.15, 0.2) is 17.5 Å². The summed E-state index contributed by atoms with van der Waals surface area (Å²) in [5, 5.41) is 4.73. The number of benzene rings is 7. The molecule has 0 unspecified atom stereocenters. The summed E-state index contributed by atoms with van der Waals surface area (Å²) in [5.74, 6) is 1.90. The van der Waals surface area contributed by atoms with E-state index in [0.29, 0.717) is 17.5 Å². The van der Waals surface area contributed by atoms with Crippen LogP contribution in [0.1, 0.15) is 0 Å². The Morgan fingerprint density at radius 3 is 1.57 bits per heavy atom. The van der Waals surface area contributed by atoms with Crippen LogP contribution in [0.5, 0.6) is 0 Å². The van der Waals surface area contributed by atoms with Crippen LogP contribution in [0.3, 0.4) is 0 Å². The van der Waals surface area contributed by atoms with Gasteiger partial charge < -0.3 is 4.57 Å². The minimum Gasteiger partial charge on any atom is -0.309 e. The molecule has 0 fully saturated rings. The van der Waals surface area contributed by atoms with E-state index in [2.05, 4.69) is 130 Å². The van der Waals surface area contributed by atoms with Crippen LogP contribution in [0.2, 0.25) is 0 Å². The quantitative estimate of drug-likeness (QED) is 0.172. The van der Waals surface area contributed by atoms with Crippen LogP contribution in [0, 0.1) is 0 Å². The summed E-state index contributed by atoms with van der Waals surface area (Å²) in [7, 11) is 0. The molecule has 0 amide bonds. The number of nitrogens with zero attached hydrogens (tertiary/aromatic N) is 6. The average Bonchev–Trinajstić information content (AvgIpc) is 3.80. The van der Waals surface area contributed by atoms with Crippen molar-refractivity contribution in [2.75, 3.05) is 0 Å². The molecule has 7 aromatic carbocycles. The molecule has 0 spiro atoms. The summed E-state index contributed by atoms with van der Waals surface area (Å²) in [6.07, 6.45) is 1.87. The van der Waals surface area contributed by atoms with Crippen molar-refractivity contribution in [3.05, 3.63) is 194 Å². The maximum Gasteiger partial charge on any atom is 0.164 e. The van der Waals surface area contributed by atoms with Gasteiger partial charge in [0.25, 0.3) is 0 Å². The Hall–Kier alpha value is -7.70. The Morgan fingerprint density at radius 2 is 0.875 bits per heavy atom. The summed E-state index contributed by atoms with van der Waals surface area (Å²) in [6.45, 7) is 0. The second-order valence-corrected chi connectivity index (χ2v) is 13.9. The molecule has 0 saturated carbocycles. The lowest BCUT2D eigenvalue weighted by atomic mass is 9.98. The molecule has 0 aliphatic carbocycles. The summed E-state index contributed by atoms with van der Waals surface area (Å²) < 4.78 is 4.62. The van der Waals surface area contributed by atoms with Crippen molar-refractivity contribution in [3.63, 3.8) is 0 Å². The van der Waals surface area contributed by atoms with Gasteiger partial charge in [-0.15, -0.1) is 0 Å². The van der Waals surface area contributed by atoms with E-state index in [1.807, 2.05) is 72.9 Å². The van der Waals surface area contributed by atoms with Gasteiger partial charge in [-0.05, 0) is 83.9 Å². The van der Waals surface area contributed by atoms with Gasteiger partial charge in [0.1, 0.15) is 5.65 Å². The van der Waals surface area contributed by atoms with Gasteiger partial charge >= 0.3 is 0 Å². The number of hydrogen-bond donors (Lipinski definition) is 0. The third-order valence-electron chi connectivity index (χ3n) is 10.6. The first kappa shape index (κ1) is 31.8. The second kappa shape index (κ2) is 13.0. The fraction of sp³-hybridized carbons (Fsp3) is 0. The SMILES string of the molecule is c1ccc(-c2nc(-c3ccccc3)nc(-c3ccc(-n4c5ccc(-c6cccc7c6c6ccccc6n7-c6ccccc6)cc5c5cccnc54)cc3)n2)cc1. The third kappa shape index (κ3) is 5.19. The third-order valence-corrected chi connectivity index (χ3v) is 10.6. The molecule has 0 saturated heterocycles. The van der Waals surface area contributed by atoms with E-state index >= 15 is 0 Å². The number of aromatic nitrogens is 6. The Morgan fingerprint density at radius 1 is 0.339 bits per heavy atom. The molecule has 11 aromatic rings. The zero-order valence-electron chi connectivity index (χ0n) is 30.2. The molecule has 0 aliphatic heterocycles. The topological polar surface area (TPSA) is 61.4 Å². The maximum absolute atomic E-state index is 4.95. The molecule has 4 aromatic heterocycles. The standard InChI is InChI=1S/C50H32N6/c1-4-14-33(15-5-1)47-52-48(34-16-6-2-7-17-34)54-49(53-47)35-25-28-38(29-26-35)56-44-30-27-36(32-42(44)40-22-13-31-51-50(40)56)39-21-12-24-45-46(39)41-20-10-11-23-43(41)55(45)37-18-8-3-9-19-37/h1-32H. The van der Waals surface area contributed by atoms with Crippen molar-refractivity contribution < 1.29 is 0 Å². The first-order valence-electron chi connectivity index (χ1n) is 18.7. The lowest BCUT2D eigenvalue weighted by Gasteiger charge is -2.11. The summed E-state index contributed by atoms with van der Waals surface area (Å²) >= 11 is 0. The minimum absolute atomic E-state index is 0.622. The summed E-state index contributed by atoms with van der Waals surface area (Å²) in [5.41, 5.74) is 11.7. The van der Waals surface area contributed by atoms with Crippen LogP contribution in [0.15, 0.2) is 194 Å². The van der Waals surface area contributed by atoms with Gasteiger partial charge in [-0.25, -0.2) is 19.9 Å². The van der Waals surface area contributed by atoms with E-state index < -0.39 is 0 Å². The number of para-hydroxylation sites is 2. The van der Waals surface area contributed by atoms with Crippen LogP contribution < -0.4 is 0 Å². The monoisotopic (exact) mass is 716 g/mol. The zero-order chi connectivity index (χ0) is 37.0. The molecular weight excluding hydrogens is 685 g/mol. The number of rotatable bonds is 6.